The molecule has 0 heterocycles. The minimum absolute atomic E-state index is 0.220. The molecule has 0 unspecified atom stereocenters. The van der Waals surface area contributed by atoms with Gasteiger partial charge in [0.05, 0.1) is 33.1 Å². The summed E-state index contributed by atoms with van der Waals surface area (Å²) in [6.07, 6.45) is 1.43. The first-order valence-electron chi connectivity index (χ1n) is 10.1. The molecule has 176 valence electrons. The molecule has 3 aromatic rings. The second-order valence-corrected chi connectivity index (χ2v) is 7.45. The number of halogens is 1. The first-order valence-corrected chi connectivity index (χ1v) is 10.5. The summed E-state index contributed by atoms with van der Waals surface area (Å²) in [5.41, 5.74) is 4.53. The van der Waals surface area contributed by atoms with Crippen molar-refractivity contribution in [1.82, 2.24) is 5.43 Å². The lowest BCUT2D eigenvalue weighted by Crippen LogP contribution is -2.17. The summed E-state index contributed by atoms with van der Waals surface area (Å²) in [4.78, 5) is 24.9. The van der Waals surface area contributed by atoms with E-state index < -0.39 is 11.9 Å². The Hall–Kier alpha value is -4.04. The maximum atomic E-state index is 12.7. The molecule has 3 aromatic carbocycles. The second-order valence-electron chi connectivity index (χ2n) is 7.04. The van der Waals surface area contributed by atoms with Crippen LogP contribution >= 0.6 is 11.6 Å². The number of hydrogen-bond acceptors (Lipinski definition) is 7. The quantitative estimate of drug-likeness (QED) is 0.217. The van der Waals surface area contributed by atoms with Crippen LogP contribution < -0.4 is 24.4 Å². The molecule has 0 aliphatic heterocycles. The third-order valence-corrected chi connectivity index (χ3v) is 5.19. The van der Waals surface area contributed by atoms with Crippen molar-refractivity contribution < 1.29 is 28.5 Å². The predicted molar refractivity (Wildman–Crippen MR) is 129 cm³/mol. The van der Waals surface area contributed by atoms with Crippen LogP contribution in [-0.4, -0.2) is 39.4 Å². The van der Waals surface area contributed by atoms with Crippen molar-refractivity contribution in [1.29, 1.82) is 0 Å². The molecule has 0 bridgehead atoms. The summed E-state index contributed by atoms with van der Waals surface area (Å²) in [6.45, 7) is 1.85. The van der Waals surface area contributed by atoms with Crippen molar-refractivity contribution in [3.05, 3.63) is 81.9 Å². The molecule has 0 radical (unpaired) electrons. The number of rotatable bonds is 8. The number of carbonyl (C=O) groups is 2. The molecule has 0 saturated carbocycles. The maximum Gasteiger partial charge on any atom is 0.343 e. The average molecular weight is 483 g/mol. The van der Waals surface area contributed by atoms with Gasteiger partial charge in [0.25, 0.3) is 5.91 Å². The van der Waals surface area contributed by atoms with Crippen molar-refractivity contribution in [2.75, 3.05) is 21.3 Å². The minimum Gasteiger partial charge on any atom is -0.493 e. The molecule has 0 fully saturated rings. The number of esters is 1. The SMILES string of the molecule is COc1cc(C(=O)Oc2cccc(C=NNC(=O)c3ccc(C)c(Cl)c3)c2)cc(OC)c1OC. The first-order chi connectivity index (χ1) is 16.4. The summed E-state index contributed by atoms with van der Waals surface area (Å²) in [6, 6.07) is 14.7. The van der Waals surface area contributed by atoms with Crippen molar-refractivity contribution in [3.63, 3.8) is 0 Å². The third kappa shape index (κ3) is 5.85. The van der Waals surface area contributed by atoms with Crippen molar-refractivity contribution in [3.8, 4) is 23.0 Å². The van der Waals surface area contributed by atoms with Gasteiger partial charge in [-0.05, 0) is 54.4 Å². The van der Waals surface area contributed by atoms with Crippen molar-refractivity contribution >= 4 is 29.7 Å². The van der Waals surface area contributed by atoms with Crippen molar-refractivity contribution in [2.24, 2.45) is 5.10 Å². The molecular formula is C25H23ClN2O6. The Balaban J connectivity index is 1.70. The summed E-state index contributed by atoms with van der Waals surface area (Å²) >= 11 is 6.06. The van der Waals surface area contributed by atoms with Gasteiger partial charge in [0.1, 0.15) is 5.75 Å². The molecule has 0 aromatic heterocycles. The van der Waals surface area contributed by atoms with Crippen LogP contribution in [-0.2, 0) is 0 Å². The number of methoxy groups -OCH3 is 3. The second kappa shape index (κ2) is 11.2. The molecule has 0 atom stereocenters. The van der Waals surface area contributed by atoms with Crippen LogP contribution in [0.25, 0.3) is 0 Å². The van der Waals surface area contributed by atoms with Crippen LogP contribution in [0.1, 0.15) is 31.8 Å². The highest BCUT2D eigenvalue weighted by Crippen LogP contribution is 2.38. The maximum absolute atomic E-state index is 12.7. The fourth-order valence-electron chi connectivity index (χ4n) is 2.99. The lowest BCUT2D eigenvalue weighted by Gasteiger charge is -2.13. The Morgan fingerprint density at radius 3 is 2.24 bits per heavy atom. The van der Waals surface area contributed by atoms with Gasteiger partial charge in [0.2, 0.25) is 5.75 Å². The molecule has 8 nitrogen and oxygen atoms in total. The van der Waals surface area contributed by atoms with Crippen LogP contribution in [0.2, 0.25) is 5.02 Å². The van der Waals surface area contributed by atoms with E-state index in [0.717, 1.165) is 5.56 Å². The van der Waals surface area contributed by atoms with Gasteiger partial charge >= 0.3 is 5.97 Å². The number of aryl methyl sites for hydroxylation is 1. The van der Waals surface area contributed by atoms with Crippen LogP contribution in [0.3, 0.4) is 0 Å². The number of amides is 1. The lowest BCUT2D eigenvalue weighted by molar-refractivity contribution is 0.0733. The molecule has 9 heteroatoms. The van der Waals surface area contributed by atoms with Crippen LogP contribution in [0.5, 0.6) is 23.0 Å². The normalized spacial score (nSPS) is 10.6. The summed E-state index contributed by atoms with van der Waals surface area (Å²) in [7, 11) is 4.40. The van der Waals surface area contributed by atoms with E-state index in [0.29, 0.717) is 39.1 Å². The molecule has 0 aliphatic rings. The highest BCUT2D eigenvalue weighted by molar-refractivity contribution is 6.31. The number of ether oxygens (including phenoxy) is 4. The Morgan fingerprint density at radius 2 is 1.62 bits per heavy atom. The number of nitrogens with zero attached hydrogens (tertiary/aromatic N) is 1. The standard InChI is InChI=1S/C25H23ClN2O6/c1-15-8-9-17(11-20(15)26)24(29)28-27-14-16-6-5-7-19(10-16)34-25(30)18-12-21(31-2)23(33-4)22(13-18)32-3/h5-14H,1-4H3,(H,28,29). The largest absolute Gasteiger partial charge is 0.493 e. The zero-order valence-corrected chi connectivity index (χ0v) is 19.8. The molecule has 0 spiro atoms. The van der Waals surface area contributed by atoms with E-state index in [-0.39, 0.29) is 5.56 Å². The van der Waals surface area contributed by atoms with Gasteiger partial charge in [-0.1, -0.05) is 29.8 Å². The van der Waals surface area contributed by atoms with E-state index in [9.17, 15) is 9.59 Å². The highest BCUT2D eigenvalue weighted by Gasteiger charge is 2.18. The smallest absolute Gasteiger partial charge is 0.343 e. The Labute approximate surface area is 202 Å². The topological polar surface area (TPSA) is 95.5 Å². The Bertz CT molecular complexity index is 1220. The molecule has 0 saturated heterocycles. The average Bonchev–Trinajstić information content (AvgIpc) is 2.84. The number of nitrogens with one attached hydrogen (secondary N) is 1. The van der Waals surface area contributed by atoms with Gasteiger partial charge in [0.15, 0.2) is 11.5 Å². The van der Waals surface area contributed by atoms with Crippen LogP contribution in [0.15, 0.2) is 59.7 Å². The third-order valence-electron chi connectivity index (χ3n) is 4.78. The van der Waals surface area contributed by atoms with E-state index in [1.54, 1.807) is 42.5 Å². The number of benzene rings is 3. The molecule has 3 rings (SSSR count). The summed E-state index contributed by atoms with van der Waals surface area (Å²) < 4.78 is 21.3. The van der Waals surface area contributed by atoms with E-state index >= 15 is 0 Å². The molecule has 34 heavy (non-hydrogen) atoms. The zero-order valence-electron chi connectivity index (χ0n) is 19.0. The number of carbonyl (C=O) groups excluding carboxylic acids is 2. The zero-order chi connectivity index (χ0) is 24.7. The van der Waals surface area contributed by atoms with Gasteiger partial charge in [0, 0.05) is 10.6 Å². The molecular weight excluding hydrogens is 460 g/mol. The van der Waals surface area contributed by atoms with E-state index in [4.69, 9.17) is 30.5 Å². The molecule has 0 aliphatic carbocycles. The Kier molecular flexibility index (Phi) is 8.10. The van der Waals surface area contributed by atoms with Gasteiger partial charge in [-0.15, -0.1) is 0 Å². The molecule has 1 amide bonds. The van der Waals surface area contributed by atoms with Crippen molar-refractivity contribution in [2.45, 2.75) is 6.92 Å². The Morgan fingerprint density at radius 1 is 0.912 bits per heavy atom. The van der Waals surface area contributed by atoms with Gasteiger partial charge in [-0.25, -0.2) is 10.2 Å². The fourth-order valence-corrected chi connectivity index (χ4v) is 3.17. The van der Waals surface area contributed by atoms with Gasteiger partial charge < -0.3 is 18.9 Å². The lowest BCUT2D eigenvalue weighted by atomic mass is 10.1. The highest BCUT2D eigenvalue weighted by atomic mass is 35.5. The summed E-state index contributed by atoms with van der Waals surface area (Å²) in [5, 5.41) is 4.46. The van der Waals surface area contributed by atoms with E-state index in [2.05, 4.69) is 10.5 Å². The van der Waals surface area contributed by atoms with E-state index in [1.165, 1.54) is 39.7 Å². The monoisotopic (exact) mass is 482 g/mol. The number of hydrogen-bond donors (Lipinski definition) is 1. The van der Waals surface area contributed by atoms with Gasteiger partial charge in [-0.3, -0.25) is 4.79 Å². The minimum atomic E-state index is -0.613. The van der Waals surface area contributed by atoms with Gasteiger partial charge in [-0.2, -0.15) is 5.10 Å². The predicted octanol–water partition coefficient (Wildman–Crippen LogP) is 4.66. The summed E-state index contributed by atoms with van der Waals surface area (Å²) in [5.74, 6) is 0.315. The van der Waals surface area contributed by atoms with Crippen LogP contribution in [0, 0.1) is 6.92 Å². The fraction of sp³-hybridized carbons (Fsp3) is 0.160. The first kappa shape index (κ1) is 24.6. The number of hydrazone groups is 1. The van der Waals surface area contributed by atoms with E-state index in [1.807, 2.05) is 6.92 Å². The molecule has 1 N–H and O–H groups in total. The van der Waals surface area contributed by atoms with Crippen LogP contribution in [0.4, 0.5) is 0 Å².